The number of anilines is 1. The highest BCUT2D eigenvalue weighted by atomic mass is 35.5. The molecule has 0 aromatic heterocycles. The molecule has 6 heteroatoms. The van der Waals surface area contributed by atoms with Gasteiger partial charge in [-0.05, 0) is 42.8 Å². The van der Waals surface area contributed by atoms with Crippen LogP contribution in [0.25, 0.3) is 0 Å². The molecular weight excluding hydrogens is 294 g/mol. The Morgan fingerprint density at radius 1 is 1.14 bits per heavy atom. The zero-order chi connectivity index (χ0) is 15.6. The number of nitrogens with one attached hydrogen (secondary N) is 1. The maximum atomic E-state index is 12.1. The number of aromatic carboxylic acids is 1. The fraction of sp³-hybridized carbons (Fsp3) is 0.0667. The van der Waals surface area contributed by atoms with Crippen molar-refractivity contribution >= 4 is 29.2 Å². The maximum absolute atomic E-state index is 12.1. The van der Waals surface area contributed by atoms with Gasteiger partial charge in [-0.1, -0.05) is 17.7 Å². The van der Waals surface area contributed by atoms with E-state index in [1.54, 1.807) is 12.1 Å². The highest BCUT2D eigenvalue weighted by Crippen LogP contribution is 2.23. The number of hydrogen-bond donors (Lipinski definition) is 3. The molecule has 21 heavy (non-hydrogen) atoms. The fourth-order valence-corrected chi connectivity index (χ4v) is 1.93. The Hall–Kier alpha value is -2.53. The van der Waals surface area contributed by atoms with Crippen LogP contribution in [0.4, 0.5) is 5.69 Å². The summed E-state index contributed by atoms with van der Waals surface area (Å²) in [7, 11) is 0. The van der Waals surface area contributed by atoms with Gasteiger partial charge in [0, 0.05) is 10.6 Å². The molecule has 0 saturated heterocycles. The first kappa shape index (κ1) is 14.9. The minimum Gasteiger partial charge on any atom is -0.508 e. The highest BCUT2D eigenvalue weighted by molar-refractivity contribution is 6.31. The van der Waals surface area contributed by atoms with Crippen molar-refractivity contribution in [2.24, 2.45) is 0 Å². The highest BCUT2D eigenvalue weighted by Gasteiger charge is 2.15. The summed E-state index contributed by atoms with van der Waals surface area (Å²) >= 11 is 5.96. The van der Waals surface area contributed by atoms with Gasteiger partial charge in [0.15, 0.2) is 0 Å². The van der Waals surface area contributed by atoms with E-state index < -0.39 is 11.9 Å². The number of hydrogen-bond acceptors (Lipinski definition) is 3. The number of aryl methyl sites for hydroxylation is 1. The lowest BCUT2D eigenvalue weighted by atomic mass is 10.1. The smallest absolute Gasteiger partial charge is 0.337 e. The molecule has 0 unspecified atom stereocenters. The van der Waals surface area contributed by atoms with Crippen LogP contribution in [0.5, 0.6) is 5.75 Å². The normalized spacial score (nSPS) is 10.2. The molecule has 3 N–H and O–H groups in total. The van der Waals surface area contributed by atoms with Crippen molar-refractivity contribution in [3.05, 3.63) is 58.1 Å². The molecule has 2 rings (SSSR count). The van der Waals surface area contributed by atoms with E-state index >= 15 is 0 Å². The van der Waals surface area contributed by atoms with E-state index in [0.29, 0.717) is 10.6 Å². The van der Waals surface area contributed by atoms with Crippen LogP contribution in [0.1, 0.15) is 26.3 Å². The van der Waals surface area contributed by atoms with Crippen molar-refractivity contribution in [3.8, 4) is 5.75 Å². The Bertz CT molecular complexity index is 728. The Labute approximate surface area is 125 Å². The zero-order valence-corrected chi connectivity index (χ0v) is 11.8. The Morgan fingerprint density at radius 2 is 1.86 bits per heavy atom. The Balaban J connectivity index is 2.31. The lowest BCUT2D eigenvalue weighted by Crippen LogP contribution is -2.14. The second-order valence-electron chi connectivity index (χ2n) is 4.45. The molecule has 0 bridgehead atoms. The van der Waals surface area contributed by atoms with Gasteiger partial charge in [0.05, 0.1) is 11.3 Å². The van der Waals surface area contributed by atoms with E-state index in [0.717, 1.165) is 11.6 Å². The summed E-state index contributed by atoms with van der Waals surface area (Å²) in [6, 6.07) is 8.49. The molecule has 0 saturated carbocycles. The number of phenolic OH excluding ortho intramolecular Hbond substituents is 1. The van der Waals surface area contributed by atoms with Crippen LogP contribution in [-0.2, 0) is 0 Å². The molecule has 0 atom stereocenters. The summed E-state index contributed by atoms with van der Waals surface area (Å²) < 4.78 is 0. The van der Waals surface area contributed by atoms with Crippen molar-refractivity contribution < 1.29 is 19.8 Å². The maximum Gasteiger partial charge on any atom is 0.337 e. The van der Waals surface area contributed by atoms with Gasteiger partial charge < -0.3 is 15.5 Å². The number of benzene rings is 2. The number of carboxylic acids is 1. The Kier molecular flexibility index (Phi) is 4.14. The van der Waals surface area contributed by atoms with Crippen molar-refractivity contribution in [2.45, 2.75) is 6.92 Å². The number of amides is 1. The first-order valence-corrected chi connectivity index (χ1v) is 6.40. The molecule has 0 radical (unpaired) electrons. The second-order valence-corrected chi connectivity index (χ2v) is 4.86. The van der Waals surface area contributed by atoms with Crippen LogP contribution in [0.2, 0.25) is 5.02 Å². The molecule has 0 aliphatic heterocycles. The number of carbonyl (C=O) groups excluding carboxylic acids is 1. The monoisotopic (exact) mass is 305 g/mol. The van der Waals surface area contributed by atoms with E-state index in [4.69, 9.17) is 16.7 Å². The van der Waals surface area contributed by atoms with E-state index in [9.17, 15) is 14.7 Å². The third-order valence-corrected chi connectivity index (χ3v) is 3.32. The third kappa shape index (κ3) is 3.32. The summed E-state index contributed by atoms with van der Waals surface area (Å²) in [5.41, 5.74) is 1.06. The lowest BCUT2D eigenvalue weighted by molar-refractivity contribution is 0.0697. The number of halogens is 1. The molecular formula is C15H12ClNO4. The van der Waals surface area contributed by atoms with Crippen LogP contribution in [0, 0.1) is 6.92 Å². The topological polar surface area (TPSA) is 86.6 Å². The van der Waals surface area contributed by atoms with Crippen LogP contribution in [0.3, 0.4) is 0 Å². The molecule has 5 nitrogen and oxygen atoms in total. The lowest BCUT2D eigenvalue weighted by Gasteiger charge is -2.09. The number of carbonyl (C=O) groups is 2. The minimum absolute atomic E-state index is 0.0991. The first-order chi connectivity index (χ1) is 9.88. The quantitative estimate of drug-likeness (QED) is 0.759. The van der Waals surface area contributed by atoms with E-state index in [2.05, 4.69) is 5.32 Å². The van der Waals surface area contributed by atoms with Crippen molar-refractivity contribution in [2.75, 3.05) is 5.32 Å². The van der Waals surface area contributed by atoms with Gasteiger partial charge >= 0.3 is 5.97 Å². The van der Waals surface area contributed by atoms with Gasteiger partial charge in [0.1, 0.15) is 5.75 Å². The van der Waals surface area contributed by atoms with Crippen LogP contribution in [-0.4, -0.2) is 22.1 Å². The molecule has 2 aromatic carbocycles. The first-order valence-electron chi connectivity index (χ1n) is 6.02. The number of carboxylic acid groups (broad SMARTS) is 1. The largest absolute Gasteiger partial charge is 0.508 e. The van der Waals surface area contributed by atoms with E-state index in [-0.39, 0.29) is 17.0 Å². The van der Waals surface area contributed by atoms with Crippen molar-refractivity contribution in [1.29, 1.82) is 0 Å². The second kappa shape index (κ2) is 5.85. The van der Waals surface area contributed by atoms with E-state index in [1.807, 2.05) is 6.92 Å². The summed E-state index contributed by atoms with van der Waals surface area (Å²) in [5.74, 6) is -1.92. The average Bonchev–Trinajstić information content (AvgIpc) is 2.43. The standard InChI is InChI=1S/C15H12ClNO4/c1-8-2-3-9(6-12(8)16)14(19)17-13-5-4-10(18)7-11(13)15(20)21/h2-7,18H,1H3,(H,17,19)(H,20,21). The average molecular weight is 306 g/mol. The molecule has 108 valence electrons. The van der Waals surface area contributed by atoms with E-state index in [1.165, 1.54) is 18.2 Å². The zero-order valence-electron chi connectivity index (χ0n) is 11.1. The summed E-state index contributed by atoms with van der Waals surface area (Å²) in [5, 5.41) is 21.3. The SMILES string of the molecule is Cc1ccc(C(=O)Nc2ccc(O)cc2C(=O)O)cc1Cl. The van der Waals surface area contributed by atoms with Gasteiger partial charge in [-0.2, -0.15) is 0 Å². The third-order valence-electron chi connectivity index (χ3n) is 2.92. The van der Waals surface area contributed by atoms with Gasteiger partial charge in [0.2, 0.25) is 0 Å². The van der Waals surface area contributed by atoms with Crippen LogP contribution < -0.4 is 5.32 Å². The number of rotatable bonds is 3. The molecule has 0 aliphatic rings. The summed E-state index contributed by atoms with van der Waals surface area (Å²) in [4.78, 5) is 23.2. The summed E-state index contributed by atoms with van der Waals surface area (Å²) in [6.07, 6.45) is 0. The van der Waals surface area contributed by atoms with Gasteiger partial charge in [-0.3, -0.25) is 4.79 Å². The molecule has 2 aromatic rings. The van der Waals surface area contributed by atoms with Crippen LogP contribution >= 0.6 is 11.6 Å². The number of aromatic hydroxyl groups is 1. The summed E-state index contributed by atoms with van der Waals surface area (Å²) in [6.45, 7) is 1.81. The molecule has 0 aliphatic carbocycles. The number of phenols is 1. The minimum atomic E-state index is -1.25. The molecule has 0 fully saturated rings. The predicted molar refractivity (Wildman–Crippen MR) is 79.2 cm³/mol. The molecule has 1 amide bonds. The fourth-order valence-electron chi connectivity index (χ4n) is 1.75. The van der Waals surface area contributed by atoms with Crippen LogP contribution in [0.15, 0.2) is 36.4 Å². The van der Waals surface area contributed by atoms with Crippen molar-refractivity contribution in [3.63, 3.8) is 0 Å². The molecule has 0 spiro atoms. The Morgan fingerprint density at radius 3 is 2.48 bits per heavy atom. The molecule has 0 heterocycles. The van der Waals surface area contributed by atoms with Gasteiger partial charge in [-0.25, -0.2) is 4.79 Å². The van der Waals surface area contributed by atoms with Crippen molar-refractivity contribution in [1.82, 2.24) is 0 Å². The predicted octanol–water partition coefficient (Wildman–Crippen LogP) is 3.30. The van der Waals surface area contributed by atoms with Gasteiger partial charge in [-0.15, -0.1) is 0 Å². The van der Waals surface area contributed by atoms with Gasteiger partial charge in [0.25, 0.3) is 5.91 Å².